The van der Waals surface area contributed by atoms with Crippen molar-refractivity contribution in [1.82, 2.24) is 15.0 Å². The molecule has 3 rings (SSSR count). The number of nitrogens with two attached hydrogens (primary N) is 1. The summed E-state index contributed by atoms with van der Waals surface area (Å²) in [6, 6.07) is 6.55. The lowest BCUT2D eigenvalue weighted by atomic mass is 9.96. The van der Waals surface area contributed by atoms with Crippen molar-refractivity contribution in [1.29, 1.82) is 0 Å². The van der Waals surface area contributed by atoms with Gasteiger partial charge in [-0.1, -0.05) is 11.3 Å². The van der Waals surface area contributed by atoms with Crippen molar-refractivity contribution >= 4 is 0 Å². The molecule has 0 fully saturated rings. The summed E-state index contributed by atoms with van der Waals surface area (Å²) in [4.78, 5) is 0. The Morgan fingerprint density at radius 3 is 3.12 bits per heavy atom. The van der Waals surface area contributed by atoms with Gasteiger partial charge in [0.2, 0.25) is 0 Å². The van der Waals surface area contributed by atoms with Crippen molar-refractivity contribution < 1.29 is 4.39 Å². The third-order valence-corrected chi connectivity index (χ3v) is 3.10. The maximum atomic E-state index is 13.2. The van der Waals surface area contributed by atoms with Crippen LogP contribution in [-0.4, -0.2) is 21.0 Å². The molecular formula is C12H13FN4. The molecule has 1 aliphatic carbocycles. The van der Waals surface area contributed by atoms with E-state index >= 15 is 0 Å². The van der Waals surface area contributed by atoms with Crippen molar-refractivity contribution in [2.24, 2.45) is 5.73 Å². The van der Waals surface area contributed by atoms with Gasteiger partial charge < -0.3 is 5.73 Å². The Balaban J connectivity index is 2.05. The molecule has 1 heterocycles. The average molecular weight is 232 g/mol. The van der Waals surface area contributed by atoms with Gasteiger partial charge >= 0.3 is 0 Å². The van der Waals surface area contributed by atoms with Gasteiger partial charge in [-0.15, -0.1) is 5.10 Å². The average Bonchev–Trinajstić information content (AvgIpc) is 2.71. The number of fused-ring (bicyclic) bond motifs is 1. The van der Waals surface area contributed by atoms with E-state index in [1.165, 1.54) is 12.1 Å². The van der Waals surface area contributed by atoms with Crippen LogP contribution in [0.5, 0.6) is 0 Å². The Kier molecular flexibility index (Phi) is 2.40. The van der Waals surface area contributed by atoms with E-state index in [1.54, 1.807) is 10.7 Å². The van der Waals surface area contributed by atoms with Crippen molar-refractivity contribution in [2.75, 3.05) is 0 Å². The molecule has 0 spiro atoms. The maximum absolute atomic E-state index is 13.2. The summed E-state index contributed by atoms with van der Waals surface area (Å²) in [5.74, 6) is -0.265. The predicted octanol–water partition coefficient (Wildman–Crippen LogP) is 1.22. The molecule has 0 radical (unpaired) electrons. The van der Waals surface area contributed by atoms with Gasteiger partial charge in [-0.2, -0.15) is 0 Å². The summed E-state index contributed by atoms with van der Waals surface area (Å²) in [6.07, 6.45) is 2.53. The van der Waals surface area contributed by atoms with Gasteiger partial charge in [-0.3, -0.25) is 0 Å². The maximum Gasteiger partial charge on any atom is 0.125 e. The lowest BCUT2D eigenvalue weighted by Crippen LogP contribution is -2.28. The molecule has 1 aromatic heterocycles. The number of hydrogen-bond donors (Lipinski definition) is 1. The fourth-order valence-corrected chi connectivity index (χ4v) is 2.23. The van der Waals surface area contributed by atoms with E-state index in [0.717, 1.165) is 30.7 Å². The van der Waals surface area contributed by atoms with Crippen molar-refractivity contribution in [3.63, 3.8) is 0 Å². The summed E-state index contributed by atoms with van der Waals surface area (Å²) in [6.45, 7) is 0. The molecule has 5 heteroatoms. The van der Waals surface area contributed by atoms with Crippen molar-refractivity contribution in [3.05, 3.63) is 41.5 Å². The lowest BCUT2D eigenvalue weighted by molar-refractivity contribution is 0.558. The number of aromatic nitrogens is 3. The zero-order chi connectivity index (χ0) is 11.8. The first-order valence-corrected chi connectivity index (χ1v) is 5.69. The van der Waals surface area contributed by atoms with Crippen LogP contribution in [-0.2, 0) is 12.8 Å². The highest BCUT2D eigenvalue weighted by Crippen LogP contribution is 2.21. The molecule has 1 aromatic carbocycles. The second kappa shape index (κ2) is 3.92. The molecule has 88 valence electrons. The van der Waals surface area contributed by atoms with Gasteiger partial charge in [-0.05, 0) is 31.0 Å². The van der Waals surface area contributed by atoms with Crippen LogP contribution < -0.4 is 5.73 Å². The highest BCUT2D eigenvalue weighted by Gasteiger charge is 2.22. The molecule has 1 atom stereocenters. The van der Waals surface area contributed by atoms with Gasteiger partial charge in [0.15, 0.2) is 0 Å². The lowest BCUT2D eigenvalue weighted by Gasteiger charge is -2.17. The summed E-state index contributed by atoms with van der Waals surface area (Å²) < 4.78 is 14.9. The second-order valence-corrected chi connectivity index (χ2v) is 4.38. The van der Waals surface area contributed by atoms with E-state index in [1.807, 2.05) is 6.07 Å². The Hall–Kier alpha value is -1.75. The first kappa shape index (κ1) is 10.4. The molecule has 4 nitrogen and oxygen atoms in total. The third kappa shape index (κ3) is 1.82. The van der Waals surface area contributed by atoms with Crippen LogP contribution in [0.25, 0.3) is 5.69 Å². The van der Waals surface area contributed by atoms with Crippen LogP contribution >= 0.6 is 0 Å². The fraction of sp³-hybridized carbons (Fsp3) is 0.333. The largest absolute Gasteiger partial charge is 0.327 e. The van der Waals surface area contributed by atoms with Gasteiger partial charge in [0.05, 0.1) is 17.1 Å². The molecule has 2 N–H and O–H groups in total. The molecule has 1 aliphatic rings. The monoisotopic (exact) mass is 232 g/mol. The first-order chi connectivity index (χ1) is 8.24. The van der Waals surface area contributed by atoms with Crippen LogP contribution in [0.2, 0.25) is 0 Å². The van der Waals surface area contributed by atoms with Gasteiger partial charge in [0.1, 0.15) is 5.82 Å². The topological polar surface area (TPSA) is 56.7 Å². The highest BCUT2D eigenvalue weighted by atomic mass is 19.1. The van der Waals surface area contributed by atoms with E-state index in [0.29, 0.717) is 5.69 Å². The zero-order valence-corrected chi connectivity index (χ0v) is 9.31. The fourth-order valence-electron chi connectivity index (χ4n) is 2.23. The number of benzene rings is 1. The van der Waals surface area contributed by atoms with E-state index in [2.05, 4.69) is 10.3 Å². The molecule has 0 bridgehead atoms. The van der Waals surface area contributed by atoms with Crippen molar-refractivity contribution in [2.45, 2.75) is 25.3 Å². The molecular weight excluding hydrogens is 219 g/mol. The summed E-state index contributed by atoms with van der Waals surface area (Å²) in [7, 11) is 0. The number of hydrogen-bond acceptors (Lipinski definition) is 3. The summed E-state index contributed by atoms with van der Waals surface area (Å²) in [5.41, 5.74) is 8.59. The van der Waals surface area contributed by atoms with E-state index in [-0.39, 0.29) is 11.9 Å². The van der Waals surface area contributed by atoms with Gasteiger partial charge in [0, 0.05) is 12.5 Å². The van der Waals surface area contributed by atoms with E-state index in [4.69, 9.17) is 5.73 Å². The molecule has 1 unspecified atom stereocenters. The molecule has 0 aliphatic heterocycles. The molecule has 2 aromatic rings. The number of rotatable bonds is 1. The van der Waals surface area contributed by atoms with Crippen LogP contribution in [0.4, 0.5) is 4.39 Å². The second-order valence-electron chi connectivity index (χ2n) is 4.38. The third-order valence-electron chi connectivity index (χ3n) is 3.10. The van der Waals surface area contributed by atoms with Crippen LogP contribution in [0.1, 0.15) is 17.8 Å². The normalized spacial score (nSPS) is 19.1. The molecule has 0 saturated heterocycles. The number of halogens is 1. The van der Waals surface area contributed by atoms with Crippen molar-refractivity contribution in [3.8, 4) is 5.69 Å². The molecule has 0 amide bonds. The Bertz CT molecular complexity index is 549. The minimum absolute atomic E-state index is 0.167. The minimum Gasteiger partial charge on any atom is -0.327 e. The predicted molar refractivity (Wildman–Crippen MR) is 61.3 cm³/mol. The van der Waals surface area contributed by atoms with E-state index in [9.17, 15) is 4.39 Å². The smallest absolute Gasteiger partial charge is 0.125 e. The number of nitrogens with zero attached hydrogens (tertiary/aromatic N) is 3. The first-order valence-electron chi connectivity index (χ1n) is 5.69. The summed E-state index contributed by atoms with van der Waals surface area (Å²) >= 11 is 0. The summed E-state index contributed by atoms with van der Waals surface area (Å²) in [5, 5.41) is 8.21. The van der Waals surface area contributed by atoms with Gasteiger partial charge in [-0.25, -0.2) is 9.07 Å². The standard InChI is InChI=1S/C12H13FN4/c13-8-2-1-3-10(6-8)17-12-5-4-9(14)7-11(12)15-16-17/h1-3,6,9H,4-5,7,14H2. The minimum atomic E-state index is -0.265. The molecule has 0 saturated carbocycles. The highest BCUT2D eigenvalue weighted by molar-refractivity contribution is 5.34. The SMILES string of the molecule is NC1CCc2c(nnn2-c2cccc(F)c2)C1. The Morgan fingerprint density at radius 2 is 2.29 bits per heavy atom. The Morgan fingerprint density at radius 1 is 1.41 bits per heavy atom. The molecule has 17 heavy (non-hydrogen) atoms. The zero-order valence-electron chi connectivity index (χ0n) is 9.31. The quantitative estimate of drug-likeness (QED) is 0.804. The van der Waals surface area contributed by atoms with Crippen LogP contribution in [0, 0.1) is 5.82 Å². The van der Waals surface area contributed by atoms with Crippen LogP contribution in [0.15, 0.2) is 24.3 Å². The Labute approximate surface area is 98.2 Å². The van der Waals surface area contributed by atoms with Gasteiger partial charge in [0.25, 0.3) is 0 Å². The van der Waals surface area contributed by atoms with Crippen LogP contribution in [0.3, 0.4) is 0 Å². The van der Waals surface area contributed by atoms with E-state index < -0.39 is 0 Å².